The van der Waals surface area contributed by atoms with E-state index in [1.807, 2.05) is 13.1 Å². The fourth-order valence-electron chi connectivity index (χ4n) is 2.51. The van der Waals surface area contributed by atoms with Gasteiger partial charge < -0.3 is 5.32 Å². The normalized spacial score (nSPS) is 12.5. The monoisotopic (exact) mass is 335 g/mol. The highest BCUT2D eigenvalue weighted by Crippen LogP contribution is 2.30. The molecule has 0 saturated heterocycles. The Bertz CT molecular complexity index is 637. The van der Waals surface area contributed by atoms with Crippen molar-refractivity contribution in [3.63, 3.8) is 0 Å². The summed E-state index contributed by atoms with van der Waals surface area (Å²) in [6.07, 6.45) is 0. The number of nitrogens with one attached hydrogen (secondary N) is 1. The summed E-state index contributed by atoms with van der Waals surface area (Å²) in [7, 11) is 1.86. The first-order valence-electron chi connectivity index (χ1n) is 6.64. The van der Waals surface area contributed by atoms with E-state index in [9.17, 15) is 4.39 Å². The summed E-state index contributed by atoms with van der Waals surface area (Å²) in [6, 6.07) is 9.22. The third-order valence-corrected chi connectivity index (χ3v) is 4.24. The Morgan fingerprint density at radius 2 is 1.60 bits per heavy atom. The topological polar surface area (TPSA) is 12.0 Å². The number of aryl methyl sites for hydroxylation is 3. The van der Waals surface area contributed by atoms with Gasteiger partial charge in [-0.05, 0) is 68.3 Å². The minimum atomic E-state index is -0.190. The summed E-state index contributed by atoms with van der Waals surface area (Å²) in [5, 5.41) is 3.23. The molecule has 20 heavy (non-hydrogen) atoms. The molecule has 0 aliphatic rings. The second-order valence-corrected chi connectivity index (χ2v) is 6.10. The van der Waals surface area contributed by atoms with E-state index in [-0.39, 0.29) is 11.9 Å². The maximum Gasteiger partial charge on any atom is 0.128 e. The predicted molar refractivity (Wildman–Crippen MR) is 85.7 cm³/mol. The van der Waals surface area contributed by atoms with E-state index in [0.717, 1.165) is 10.0 Å². The zero-order valence-electron chi connectivity index (χ0n) is 12.2. The van der Waals surface area contributed by atoms with Crippen LogP contribution in [0.2, 0.25) is 0 Å². The van der Waals surface area contributed by atoms with Gasteiger partial charge in [0.15, 0.2) is 0 Å². The molecule has 0 saturated carbocycles. The molecular formula is C17H19BrFN. The van der Waals surface area contributed by atoms with E-state index < -0.39 is 0 Å². The highest BCUT2D eigenvalue weighted by molar-refractivity contribution is 9.10. The summed E-state index contributed by atoms with van der Waals surface area (Å²) in [5.41, 5.74) is 5.43. The molecular weight excluding hydrogens is 317 g/mol. The van der Waals surface area contributed by atoms with Gasteiger partial charge in [-0.15, -0.1) is 0 Å². The molecule has 3 heteroatoms. The molecule has 0 bridgehead atoms. The van der Waals surface area contributed by atoms with Crippen LogP contribution < -0.4 is 5.32 Å². The number of benzene rings is 2. The Balaban J connectivity index is 2.58. The lowest BCUT2D eigenvalue weighted by Gasteiger charge is -2.21. The first-order chi connectivity index (χ1) is 9.43. The molecule has 0 aliphatic heterocycles. The SMILES string of the molecule is CNC(c1cc(C)c(C)cc1C)c1cc(Br)ccc1F. The third-order valence-electron chi connectivity index (χ3n) is 3.75. The lowest BCUT2D eigenvalue weighted by molar-refractivity contribution is 0.574. The van der Waals surface area contributed by atoms with Crippen LogP contribution in [0.1, 0.15) is 33.9 Å². The van der Waals surface area contributed by atoms with Crippen LogP contribution in [0.15, 0.2) is 34.8 Å². The number of rotatable bonds is 3. The second kappa shape index (κ2) is 6.06. The summed E-state index contributed by atoms with van der Waals surface area (Å²) in [4.78, 5) is 0. The summed E-state index contributed by atoms with van der Waals surface area (Å²) in [5.74, 6) is -0.190. The van der Waals surface area contributed by atoms with Gasteiger partial charge in [-0.3, -0.25) is 0 Å². The molecule has 0 amide bonds. The van der Waals surface area contributed by atoms with Crippen LogP contribution in [-0.4, -0.2) is 7.05 Å². The minimum absolute atomic E-state index is 0.146. The zero-order chi connectivity index (χ0) is 14.9. The Morgan fingerprint density at radius 1 is 0.950 bits per heavy atom. The molecule has 0 aliphatic carbocycles. The first kappa shape index (κ1) is 15.2. The van der Waals surface area contributed by atoms with Gasteiger partial charge in [0, 0.05) is 10.0 Å². The van der Waals surface area contributed by atoms with Crippen LogP contribution >= 0.6 is 15.9 Å². The van der Waals surface area contributed by atoms with Crippen molar-refractivity contribution in [2.75, 3.05) is 7.05 Å². The molecule has 2 aromatic carbocycles. The van der Waals surface area contributed by atoms with Gasteiger partial charge in [0.25, 0.3) is 0 Å². The van der Waals surface area contributed by atoms with Crippen LogP contribution in [0.5, 0.6) is 0 Å². The van der Waals surface area contributed by atoms with Gasteiger partial charge in [-0.1, -0.05) is 28.1 Å². The van der Waals surface area contributed by atoms with Crippen LogP contribution in [0.3, 0.4) is 0 Å². The Morgan fingerprint density at radius 3 is 2.25 bits per heavy atom. The highest BCUT2D eigenvalue weighted by Gasteiger charge is 2.19. The van der Waals surface area contributed by atoms with E-state index in [1.54, 1.807) is 6.07 Å². The molecule has 1 atom stereocenters. The lowest BCUT2D eigenvalue weighted by atomic mass is 9.91. The Labute approximate surface area is 128 Å². The predicted octanol–water partition coefficient (Wildman–Crippen LogP) is 4.82. The van der Waals surface area contributed by atoms with E-state index in [1.165, 1.54) is 22.8 Å². The maximum atomic E-state index is 14.1. The van der Waals surface area contributed by atoms with Crippen LogP contribution in [-0.2, 0) is 0 Å². The van der Waals surface area contributed by atoms with Gasteiger partial charge in [-0.2, -0.15) is 0 Å². The van der Waals surface area contributed by atoms with Crippen molar-refractivity contribution in [2.24, 2.45) is 0 Å². The highest BCUT2D eigenvalue weighted by atomic mass is 79.9. The van der Waals surface area contributed by atoms with Crippen LogP contribution in [0, 0.1) is 26.6 Å². The minimum Gasteiger partial charge on any atom is -0.309 e. The lowest BCUT2D eigenvalue weighted by Crippen LogP contribution is -2.20. The first-order valence-corrected chi connectivity index (χ1v) is 7.43. The molecule has 0 heterocycles. The molecule has 2 rings (SSSR count). The molecule has 1 N–H and O–H groups in total. The molecule has 1 nitrogen and oxygen atoms in total. The summed E-state index contributed by atoms with van der Waals surface area (Å²) < 4.78 is 15.0. The molecule has 106 valence electrons. The molecule has 0 aromatic heterocycles. The summed E-state index contributed by atoms with van der Waals surface area (Å²) in [6.45, 7) is 6.25. The van der Waals surface area contributed by atoms with Crippen LogP contribution in [0.25, 0.3) is 0 Å². The van der Waals surface area contributed by atoms with Gasteiger partial charge in [-0.25, -0.2) is 4.39 Å². The van der Waals surface area contributed by atoms with E-state index in [4.69, 9.17) is 0 Å². The zero-order valence-corrected chi connectivity index (χ0v) is 13.8. The Kier molecular flexibility index (Phi) is 4.61. The number of halogens is 2. The van der Waals surface area contributed by atoms with Crippen LogP contribution in [0.4, 0.5) is 4.39 Å². The summed E-state index contributed by atoms with van der Waals surface area (Å²) >= 11 is 3.42. The molecule has 2 aromatic rings. The standard InChI is InChI=1S/C17H19BrFN/c1-10-7-12(3)14(8-11(10)2)17(20-4)15-9-13(18)5-6-16(15)19/h5-9,17,20H,1-4H3. The van der Waals surface area contributed by atoms with E-state index in [2.05, 4.69) is 54.2 Å². The fourth-order valence-corrected chi connectivity index (χ4v) is 2.89. The maximum absolute atomic E-state index is 14.1. The Hall–Kier alpha value is -1.19. The number of hydrogen-bond acceptors (Lipinski definition) is 1. The number of hydrogen-bond donors (Lipinski definition) is 1. The molecule has 0 fully saturated rings. The average molecular weight is 336 g/mol. The van der Waals surface area contributed by atoms with Crippen molar-refractivity contribution in [3.8, 4) is 0 Å². The second-order valence-electron chi connectivity index (χ2n) is 5.18. The van der Waals surface area contributed by atoms with Gasteiger partial charge >= 0.3 is 0 Å². The largest absolute Gasteiger partial charge is 0.309 e. The third kappa shape index (κ3) is 2.94. The van der Waals surface area contributed by atoms with Crippen molar-refractivity contribution in [2.45, 2.75) is 26.8 Å². The van der Waals surface area contributed by atoms with Crippen molar-refractivity contribution in [1.82, 2.24) is 5.32 Å². The van der Waals surface area contributed by atoms with Gasteiger partial charge in [0.1, 0.15) is 5.82 Å². The molecule has 0 spiro atoms. The van der Waals surface area contributed by atoms with Gasteiger partial charge in [0.2, 0.25) is 0 Å². The van der Waals surface area contributed by atoms with Crippen molar-refractivity contribution >= 4 is 15.9 Å². The quantitative estimate of drug-likeness (QED) is 0.847. The van der Waals surface area contributed by atoms with Crippen molar-refractivity contribution < 1.29 is 4.39 Å². The fraction of sp³-hybridized carbons (Fsp3) is 0.294. The van der Waals surface area contributed by atoms with E-state index >= 15 is 0 Å². The van der Waals surface area contributed by atoms with Gasteiger partial charge in [0.05, 0.1) is 6.04 Å². The smallest absolute Gasteiger partial charge is 0.128 e. The van der Waals surface area contributed by atoms with Crippen molar-refractivity contribution in [1.29, 1.82) is 0 Å². The average Bonchev–Trinajstić information content (AvgIpc) is 2.40. The van der Waals surface area contributed by atoms with Crippen molar-refractivity contribution in [3.05, 3.63) is 68.4 Å². The molecule has 1 unspecified atom stereocenters. The molecule has 0 radical (unpaired) electrons. The van der Waals surface area contributed by atoms with E-state index in [0.29, 0.717) is 5.56 Å².